The van der Waals surface area contributed by atoms with Gasteiger partial charge in [0.25, 0.3) is 0 Å². The molecule has 0 aromatic heterocycles. The maximum atomic E-state index is 6.01. The zero-order chi connectivity index (χ0) is 18.5. The van der Waals surface area contributed by atoms with Gasteiger partial charge in [0.15, 0.2) is 5.96 Å². The van der Waals surface area contributed by atoms with Crippen LogP contribution in [0.2, 0.25) is 0 Å². The van der Waals surface area contributed by atoms with E-state index in [1.807, 2.05) is 0 Å². The van der Waals surface area contributed by atoms with Gasteiger partial charge < -0.3 is 19.7 Å². The van der Waals surface area contributed by atoms with Crippen molar-refractivity contribution in [2.75, 3.05) is 39.4 Å². The van der Waals surface area contributed by atoms with Crippen LogP contribution in [-0.4, -0.2) is 62.5 Å². The minimum atomic E-state index is 0.167. The van der Waals surface area contributed by atoms with Gasteiger partial charge in [0.1, 0.15) is 6.10 Å². The minimum Gasteiger partial charge on any atom is -0.375 e. The van der Waals surface area contributed by atoms with E-state index >= 15 is 0 Å². The molecule has 2 aliphatic heterocycles. The Morgan fingerprint density at radius 3 is 2.89 bits per heavy atom. The lowest BCUT2D eigenvalue weighted by Crippen LogP contribution is -2.53. The molecule has 5 heteroatoms. The average Bonchev–Trinajstić information content (AvgIpc) is 3.26. The summed E-state index contributed by atoms with van der Waals surface area (Å²) in [7, 11) is 0. The molecular formula is C22H33N3O2. The van der Waals surface area contributed by atoms with Crippen LogP contribution in [0.5, 0.6) is 0 Å². The highest BCUT2D eigenvalue weighted by Gasteiger charge is 2.32. The van der Waals surface area contributed by atoms with Gasteiger partial charge in [-0.3, -0.25) is 4.99 Å². The van der Waals surface area contributed by atoms with Crippen molar-refractivity contribution in [1.29, 1.82) is 0 Å². The molecule has 5 nitrogen and oxygen atoms in total. The smallest absolute Gasteiger partial charge is 0.194 e. The first-order chi connectivity index (χ1) is 13.3. The van der Waals surface area contributed by atoms with Crippen LogP contribution in [0.4, 0.5) is 0 Å². The van der Waals surface area contributed by atoms with Crippen LogP contribution in [0.15, 0.2) is 29.3 Å². The fraction of sp³-hybridized carbons (Fsp3) is 0.682. The van der Waals surface area contributed by atoms with Crippen molar-refractivity contribution >= 4 is 5.96 Å². The molecule has 1 aliphatic carbocycles. The second-order valence-electron chi connectivity index (χ2n) is 7.89. The molecule has 2 saturated heterocycles. The number of hydrogen-bond acceptors (Lipinski definition) is 3. The number of nitrogens with zero attached hydrogens (tertiary/aromatic N) is 2. The number of aliphatic imine (C=N–C) groups is 1. The SMILES string of the molecule is CCNC(=NCC1CCCc2ccccc21)N1CCOC(C2CCCO2)C1. The highest BCUT2D eigenvalue weighted by molar-refractivity contribution is 5.80. The maximum absolute atomic E-state index is 6.01. The third-order valence-corrected chi connectivity index (χ3v) is 6.06. The largest absolute Gasteiger partial charge is 0.375 e. The molecule has 3 aliphatic rings. The first-order valence-corrected chi connectivity index (χ1v) is 10.7. The van der Waals surface area contributed by atoms with Crippen molar-refractivity contribution in [1.82, 2.24) is 10.2 Å². The molecule has 0 radical (unpaired) electrons. The molecule has 2 fully saturated rings. The third-order valence-electron chi connectivity index (χ3n) is 6.06. The second-order valence-corrected chi connectivity index (χ2v) is 7.89. The number of guanidine groups is 1. The maximum Gasteiger partial charge on any atom is 0.194 e. The molecule has 1 aromatic carbocycles. The lowest BCUT2D eigenvalue weighted by molar-refractivity contribution is -0.0817. The number of morpholine rings is 1. The summed E-state index contributed by atoms with van der Waals surface area (Å²) in [6, 6.07) is 8.90. The summed E-state index contributed by atoms with van der Waals surface area (Å²) in [6.07, 6.45) is 6.41. The van der Waals surface area contributed by atoms with Crippen molar-refractivity contribution in [3.05, 3.63) is 35.4 Å². The van der Waals surface area contributed by atoms with Crippen LogP contribution in [0, 0.1) is 0 Å². The Morgan fingerprint density at radius 2 is 2.04 bits per heavy atom. The Hall–Kier alpha value is -1.59. The molecule has 3 atom stereocenters. The van der Waals surface area contributed by atoms with E-state index in [-0.39, 0.29) is 12.2 Å². The minimum absolute atomic E-state index is 0.167. The van der Waals surface area contributed by atoms with Crippen molar-refractivity contribution in [2.24, 2.45) is 4.99 Å². The van der Waals surface area contributed by atoms with Crippen LogP contribution < -0.4 is 5.32 Å². The van der Waals surface area contributed by atoms with E-state index < -0.39 is 0 Å². The number of aryl methyl sites for hydroxylation is 1. The molecule has 27 heavy (non-hydrogen) atoms. The summed E-state index contributed by atoms with van der Waals surface area (Å²) in [4.78, 5) is 7.42. The molecule has 1 N–H and O–H groups in total. The van der Waals surface area contributed by atoms with E-state index in [0.29, 0.717) is 5.92 Å². The molecule has 0 spiro atoms. The first kappa shape index (κ1) is 18.8. The lowest BCUT2D eigenvalue weighted by atomic mass is 9.83. The van der Waals surface area contributed by atoms with E-state index in [4.69, 9.17) is 14.5 Å². The van der Waals surface area contributed by atoms with Gasteiger partial charge in [-0.2, -0.15) is 0 Å². The summed E-state index contributed by atoms with van der Waals surface area (Å²) < 4.78 is 11.9. The fourth-order valence-corrected chi connectivity index (χ4v) is 4.66. The van der Waals surface area contributed by atoms with Gasteiger partial charge >= 0.3 is 0 Å². The summed E-state index contributed by atoms with van der Waals surface area (Å²) in [6.45, 7) is 7.29. The molecule has 148 valence electrons. The standard InChI is InChI=1S/C22H33N3O2/c1-2-23-22(25-12-14-27-21(16-25)20-11-6-13-26-20)24-15-18-9-5-8-17-7-3-4-10-19(17)18/h3-4,7,10,18,20-21H,2,5-6,8-9,11-16H2,1H3,(H,23,24). The highest BCUT2D eigenvalue weighted by Crippen LogP contribution is 2.31. The van der Waals surface area contributed by atoms with Gasteiger partial charge in [0.2, 0.25) is 0 Å². The molecular weight excluding hydrogens is 338 g/mol. The number of nitrogens with one attached hydrogen (secondary N) is 1. The van der Waals surface area contributed by atoms with Crippen LogP contribution in [0.1, 0.15) is 49.7 Å². The van der Waals surface area contributed by atoms with Crippen LogP contribution in [0.25, 0.3) is 0 Å². The quantitative estimate of drug-likeness (QED) is 0.653. The van der Waals surface area contributed by atoms with Gasteiger partial charge in [-0.05, 0) is 50.2 Å². The topological polar surface area (TPSA) is 46.1 Å². The van der Waals surface area contributed by atoms with E-state index in [2.05, 4.69) is 41.4 Å². The van der Waals surface area contributed by atoms with Gasteiger partial charge in [0.05, 0.1) is 12.7 Å². The van der Waals surface area contributed by atoms with Gasteiger partial charge in [-0.15, -0.1) is 0 Å². The molecule has 3 unspecified atom stereocenters. The number of fused-ring (bicyclic) bond motifs is 1. The van der Waals surface area contributed by atoms with Gasteiger partial charge in [0, 0.05) is 38.7 Å². The normalized spacial score (nSPS) is 28.9. The average molecular weight is 372 g/mol. The van der Waals surface area contributed by atoms with E-state index in [1.54, 1.807) is 0 Å². The number of benzene rings is 1. The molecule has 4 rings (SSSR count). The summed E-state index contributed by atoms with van der Waals surface area (Å²) in [5.41, 5.74) is 3.02. The van der Waals surface area contributed by atoms with E-state index in [0.717, 1.165) is 58.2 Å². The van der Waals surface area contributed by atoms with Crippen molar-refractivity contribution in [3.63, 3.8) is 0 Å². The van der Waals surface area contributed by atoms with Crippen LogP contribution in [-0.2, 0) is 15.9 Å². The number of rotatable bonds is 4. The second kappa shape index (κ2) is 9.07. The zero-order valence-electron chi connectivity index (χ0n) is 16.5. The zero-order valence-corrected chi connectivity index (χ0v) is 16.5. The Labute approximate surface area is 163 Å². The van der Waals surface area contributed by atoms with E-state index in [9.17, 15) is 0 Å². The highest BCUT2D eigenvalue weighted by atomic mass is 16.5. The molecule has 1 aromatic rings. The monoisotopic (exact) mass is 371 g/mol. The predicted octanol–water partition coefficient (Wildman–Crippen LogP) is 2.95. The van der Waals surface area contributed by atoms with Crippen molar-refractivity contribution < 1.29 is 9.47 Å². The molecule has 0 amide bonds. The Morgan fingerprint density at radius 1 is 1.15 bits per heavy atom. The Balaban J connectivity index is 1.44. The van der Waals surface area contributed by atoms with Crippen molar-refractivity contribution in [3.8, 4) is 0 Å². The first-order valence-electron chi connectivity index (χ1n) is 10.7. The van der Waals surface area contributed by atoms with Crippen molar-refractivity contribution in [2.45, 2.75) is 57.2 Å². The molecule has 2 heterocycles. The summed E-state index contributed by atoms with van der Waals surface area (Å²) in [5, 5.41) is 3.51. The summed E-state index contributed by atoms with van der Waals surface area (Å²) >= 11 is 0. The van der Waals surface area contributed by atoms with Crippen LogP contribution in [0.3, 0.4) is 0 Å². The predicted molar refractivity (Wildman–Crippen MR) is 108 cm³/mol. The number of ether oxygens (including phenoxy) is 2. The van der Waals surface area contributed by atoms with E-state index in [1.165, 1.54) is 30.4 Å². The Bertz CT molecular complexity index is 642. The molecule has 0 bridgehead atoms. The van der Waals surface area contributed by atoms with Crippen LogP contribution >= 0.6 is 0 Å². The molecule has 0 saturated carbocycles. The third kappa shape index (κ3) is 4.46. The Kier molecular flexibility index (Phi) is 6.30. The van der Waals surface area contributed by atoms with Gasteiger partial charge in [-0.1, -0.05) is 24.3 Å². The summed E-state index contributed by atoms with van der Waals surface area (Å²) in [5.74, 6) is 1.57. The fourth-order valence-electron chi connectivity index (χ4n) is 4.66. The number of hydrogen-bond donors (Lipinski definition) is 1. The van der Waals surface area contributed by atoms with Gasteiger partial charge in [-0.25, -0.2) is 0 Å². The lowest BCUT2D eigenvalue weighted by Gasteiger charge is -2.37.